The second kappa shape index (κ2) is 6.02. The van der Waals surface area contributed by atoms with E-state index in [0.717, 1.165) is 5.75 Å². The molecule has 0 amide bonds. The van der Waals surface area contributed by atoms with Crippen molar-refractivity contribution in [1.82, 2.24) is 0 Å². The van der Waals surface area contributed by atoms with Gasteiger partial charge in [-0.25, -0.2) is 4.39 Å². The molecule has 0 spiro atoms. The van der Waals surface area contributed by atoms with Gasteiger partial charge < -0.3 is 15.2 Å². The van der Waals surface area contributed by atoms with Crippen LogP contribution in [0.25, 0.3) is 0 Å². The topological polar surface area (TPSA) is 44.5 Å². The Kier molecular flexibility index (Phi) is 4.15. The van der Waals surface area contributed by atoms with Crippen LogP contribution in [0.2, 0.25) is 0 Å². The highest BCUT2D eigenvalue weighted by molar-refractivity contribution is 5.35. The Labute approximate surface area is 105 Å². The molecule has 0 atom stereocenters. The quantitative estimate of drug-likeness (QED) is 0.883. The smallest absolute Gasteiger partial charge is 0.127 e. The van der Waals surface area contributed by atoms with Gasteiger partial charge in [0.25, 0.3) is 0 Å². The summed E-state index contributed by atoms with van der Waals surface area (Å²) < 4.78 is 23.6. The van der Waals surface area contributed by atoms with Crippen LogP contribution in [0.15, 0.2) is 48.5 Å². The average molecular weight is 247 g/mol. The van der Waals surface area contributed by atoms with E-state index in [1.54, 1.807) is 36.4 Å². The van der Waals surface area contributed by atoms with Gasteiger partial charge in [0.1, 0.15) is 29.7 Å². The predicted octanol–water partition coefficient (Wildman–Crippen LogP) is 2.96. The molecule has 2 aromatic carbocycles. The van der Waals surface area contributed by atoms with Gasteiger partial charge in [-0.2, -0.15) is 0 Å². The van der Waals surface area contributed by atoms with Crippen molar-refractivity contribution in [2.24, 2.45) is 5.73 Å². The fraction of sp³-hybridized carbons (Fsp3) is 0.143. The van der Waals surface area contributed by atoms with E-state index in [0.29, 0.717) is 24.7 Å². The van der Waals surface area contributed by atoms with Gasteiger partial charge in [0.05, 0.1) is 0 Å². The van der Waals surface area contributed by atoms with Crippen LogP contribution in [0.5, 0.6) is 17.2 Å². The number of benzene rings is 2. The lowest BCUT2D eigenvalue weighted by atomic mass is 10.3. The van der Waals surface area contributed by atoms with E-state index in [1.807, 2.05) is 0 Å². The van der Waals surface area contributed by atoms with Crippen LogP contribution < -0.4 is 15.2 Å². The molecule has 0 aliphatic heterocycles. The van der Waals surface area contributed by atoms with Crippen molar-refractivity contribution in [1.29, 1.82) is 0 Å². The second-order valence-electron chi connectivity index (χ2n) is 3.66. The lowest BCUT2D eigenvalue weighted by molar-refractivity contribution is 0.328. The molecule has 0 unspecified atom stereocenters. The minimum Gasteiger partial charge on any atom is -0.492 e. The molecule has 4 heteroatoms. The highest BCUT2D eigenvalue weighted by Gasteiger charge is 1.99. The van der Waals surface area contributed by atoms with Crippen molar-refractivity contribution in [3.8, 4) is 17.2 Å². The van der Waals surface area contributed by atoms with Crippen LogP contribution >= 0.6 is 0 Å². The Bertz CT molecular complexity index is 482. The van der Waals surface area contributed by atoms with Crippen molar-refractivity contribution in [2.45, 2.75) is 0 Å². The first-order valence-electron chi connectivity index (χ1n) is 5.64. The minimum absolute atomic E-state index is 0.284. The molecular formula is C14H14FNO2. The summed E-state index contributed by atoms with van der Waals surface area (Å²) >= 11 is 0. The standard InChI is InChI=1S/C14H14FNO2/c15-11-1-3-13(4-2-11)18-14-7-5-12(6-8-14)17-10-9-16/h1-8H,9-10,16H2. The van der Waals surface area contributed by atoms with Gasteiger partial charge in [0, 0.05) is 6.54 Å². The van der Waals surface area contributed by atoms with Crippen molar-refractivity contribution in [3.05, 3.63) is 54.3 Å². The summed E-state index contributed by atoms with van der Waals surface area (Å²) in [5, 5.41) is 0. The number of nitrogens with two attached hydrogens (primary N) is 1. The molecule has 0 aliphatic rings. The normalized spacial score (nSPS) is 10.1. The van der Waals surface area contributed by atoms with Crippen LogP contribution in [-0.4, -0.2) is 13.2 Å². The van der Waals surface area contributed by atoms with E-state index < -0.39 is 0 Å². The molecule has 0 aromatic heterocycles. The van der Waals surface area contributed by atoms with Crippen LogP contribution in [0.4, 0.5) is 4.39 Å². The molecule has 3 nitrogen and oxygen atoms in total. The molecule has 94 valence electrons. The maximum Gasteiger partial charge on any atom is 0.127 e. The second-order valence-corrected chi connectivity index (χ2v) is 3.66. The monoisotopic (exact) mass is 247 g/mol. The van der Waals surface area contributed by atoms with Gasteiger partial charge in [-0.05, 0) is 48.5 Å². The number of ether oxygens (including phenoxy) is 2. The minimum atomic E-state index is -0.284. The van der Waals surface area contributed by atoms with Gasteiger partial charge >= 0.3 is 0 Å². The maximum atomic E-state index is 12.7. The molecule has 2 aromatic rings. The average Bonchev–Trinajstić information content (AvgIpc) is 2.41. The molecule has 0 radical (unpaired) electrons. The Hall–Kier alpha value is -2.07. The summed E-state index contributed by atoms with van der Waals surface area (Å²) in [5.74, 6) is 1.72. The predicted molar refractivity (Wildman–Crippen MR) is 67.5 cm³/mol. The molecular weight excluding hydrogens is 233 g/mol. The molecule has 2 rings (SSSR count). The fourth-order valence-corrected chi connectivity index (χ4v) is 1.42. The van der Waals surface area contributed by atoms with Crippen LogP contribution in [0.3, 0.4) is 0 Å². The van der Waals surface area contributed by atoms with Crippen LogP contribution in [-0.2, 0) is 0 Å². The largest absolute Gasteiger partial charge is 0.492 e. The third-order valence-electron chi connectivity index (χ3n) is 2.26. The number of hydrogen-bond donors (Lipinski definition) is 1. The maximum absolute atomic E-state index is 12.7. The Morgan fingerprint density at radius 2 is 1.33 bits per heavy atom. The molecule has 0 bridgehead atoms. The molecule has 2 N–H and O–H groups in total. The summed E-state index contributed by atoms with van der Waals surface area (Å²) in [7, 11) is 0. The Morgan fingerprint density at radius 3 is 1.89 bits per heavy atom. The van der Waals surface area contributed by atoms with Crippen LogP contribution in [0.1, 0.15) is 0 Å². The summed E-state index contributed by atoms with van der Waals surface area (Å²) in [5.41, 5.74) is 5.34. The first kappa shape index (κ1) is 12.4. The summed E-state index contributed by atoms with van der Waals surface area (Å²) in [6.07, 6.45) is 0. The molecule has 0 fully saturated rings. The van der Waals surface area contributed by atoms with Gasteiger partial charge in [-0.15, -0.1) is 0 Å². The van der Waals surface area contributed by atoms with Crippen LogP contribution in [0, 0.1) is 5.82 Å². The van der Waals surface area contributed by atoms with Crippen molar-refractivity contribution >= 4 is 0 Å². The third kappa shape index (κ3) is 3.46. The molecule has 0 saturated heterocycles. The SMILES string of the molecule is NCCOc1ccc(Oc2ccc(F)cc2)cc1. The number of rotatable bonds is 5. The third-order valence-corrected chi connectivity index (χ3v) is 2.26. The molecule has 18 heavy (non-hydrogen) atoms. The summed E-state index contributed by atoms with van der Waals surface area (Å²) in [6, 6.07) is 13.0. The highest BCUT2D eigenvalue weighted by atomic mass is 19.1. The number of halogens is 1. The van der Waals surface area contributed by atoms with E-state index in [9.17, 15) is 4.39 Å². The zero-order valence-corrected chi connectivity index (χ0v) is 9.80. The van der Waals surface area contributed by atoms with Gasteiger partial charge in [-0.3, -0.25) is 0 Å². The lowest BCUT2D eigenvalue weighted by Gasteiger charge is -2.07. The Balaban J connectivity index is 1.99. The van der Waals surface area contributed by atoms with E-state index >= 15 is 0 Å². The van der Waals surface area contributed by atoms with E-state index in [2.05, 4.69) is 0 Å². The van der Waals surface area contributed by atoms with Gasteiger partial charge in [0.2, 0.25) is 0 Å². The van der Waals surface area contributed by atoms with Gasteiger partial charge in [0.15, 0.2) is 0 Å². The summed E-state index contributed by atoms with van der Waals surface area (Å²) in [6.45, 7) is 0.964. The molecule has 0 heterocycles. The summed E-state index contributed by atoms with van der Waals surface area (Å²) in [4.78, 5) is 0. The first-order valence-corrected chi connectivity index (χ1v) is 5.64. The molecule has 0 saturated carbocycles. The lowest BCUT2D eigenvalue weighted by Crippen LogP contribution is -2.10. The van der Waals surface area contributed by atoms with Crippen molar-refractivity contribution in [3.63, 3.8) is 0 Å². The van der Waals surface area contributed by atoms with E-state index in [-0.39, 0.29) is 5.82 Å². The first-order chi connectivity index (χ1) is 8.78. The number of hydrogen-bond acceptors (Lipinski definition) is 3. The zero-order chi connectivity index (χ0) is 12.8. The van der Waals surface area contributed by atoms with E-state index in [4.69, 9.17) is 15.2 Å². The van der Waals surface area contributed by atoms with E-state index in [1.165, 1.54) is 12.1 Å². The fourth-order valence-electron chi connectivity index (χ4n) is 1.42. The highest BCUT2D eigenvalue weighted by Crippen LogP contribution is 2.23. The van der Waals surface area contributed by atoms with Crippen molar-refractivity contribution in [2.75, 3.05) is 13.2 Å². The Morgan fingerprint density at radius 1 is 0.833 bits per heavy atom. The van der Waals surface area contributed by atoms with Crippen molar-refractivity contribution < 1.29 is 13.9 Å². The zero-order valence-electron chi connectivity index (χ0n) is 9.80. The van der Waals surface area contributed by atoms with Gasteiger partial charge in [-0.1, -0.05) is 0 Å². The molecule has 0 aliphatic carbocycles.